The Labute approximate surface area is 188 Å². The van der Waals surface area contributed by atoms with Crippen molar-refractivity contribution in [3.63, 3.8) is 0 Å². The molecule has 1 aromatic carbocycles. The second kappa shape index (κ2) is 9.07. The fraction of sp³-hybridized carbons (Fsp3) is 0.261. The molecule has 1 amide bonds. The number of pyridine rings is 2. The molecule has 1 atom stereocenters. The maximum Gasteiger partial charge on any atom is 0.417 e. The summed E-state index contributed by atoms with van der Waals surface area (Å²) in [6.07, 6.45) is 0.405. The van der Waals surface area contributed by atoms with Crippen LogP contribution in [0.2, 0.25) is 0 Å². The average molecular weight is 456 g/mol. The molecule has 5 N–H and O–H groups in total. The smallest absolute Gasteiger partial charge is 0.397 e. The van der Waals surface area contributed by atoms with E-state index in [0.29, 0.717) is 12.2 Å². The van der Waals surface area contributed by atoms with Gasteiger partial charge in [0.2, 0.25) is 0 Å². The largest absolute Gasteiger partial charge is 0.417 e. The van der Waals surface area contributed by atoms with Gasteiger partial charge in [-0.15, -0.1) is 0 Å². The number of alkyl halides is 3. The van der Waals surface area contributed by atoms with Crippen molar-refractivity contribution in [1.82, 2.24) is 9.97 Å². The van der Waals surface area contributed by atoms with Crippen LogP contribution in [0.3, 0.4) is 0 Å². The lowest BCUT2D eigenvalue weighted by Crippen LogP contribution is -2.43. The molecule has 1 fully saturated rings. The Bertz CT molecular complexity index is 1170. The number of hydrogen-bond acceptors (Lipinski definition) is 6. The Morgan fingerprint density at radius 1 is 1.15 bits per heavy atom. The van der Waals surface area contributed by atoms with Crippen LogP contribution in [0, 0.1) is 0 Å². The van der Waals surface area contributed by atoms with Crippen LogP contribution in [0.5, 0.6) is 0 Å². The first kappa shape index (κ1) is 22.5. The first-order chi connectivity index (χ1) is 15.7. The predicted octanol–water partition coefficient (Wildman–Crippen LogP) is 3.92. The second-order valence-corrected chi connectivity index (χ2v) is 7.87. The van der Waals surface area contributed by atoms with Gasteiger partial charge in [-0.25, -0.2) is 4.98 Å². The molecule has 0 spiro atoms. The summed E-state index contributed by atoms with van der Waals surface area (Å²) in [6, 6.07) is 9.60. The summed E-state index contributed by atoms with van der Waals surface area (Å²) in [5, 5.41) is 2.75. The van der Waals surface area contributed by atoms with E-state index < -0.39 is 17.6 Å². The lowest BCUT2D eigenvalue weighted by molar-refractivity contribution is -0.137. The normalized spacial score (nSPS) is 16.5. The van der Waals surface area contributed by atoms with Crippen LogP contribution >= 0.6 is 0 Å². The fourth-order valence-corrected chi connectivity index (χ4v) is 3.92. The Morgan fingerprint density at radius 2 is 1.94 bits per heavy atom. The van der Waals surface area contributed by atoms with Crippen LogP contribution in [-0.4, -0.2) is 35.0 Å². The van der Waals surface area contributed by atoms with Crippen molar-refractivity contribution >= 4 is 23.0 Å². The molecule has 1 aliphatic rings. The number of nitrogen functional groups attached to an aromatic ring is 1. The number of halogens is 3. The van der Waals surface area contributed by atoms with E-state index >= 15 is 0 Å². The fourth-order valence-electron chi connectivity index (χ4n) is 3.92. The molecule has 4 rings (SSSR count). The molecule has 7 nitrogen and oxygen atoms in total. The molecular weight excluding hydrogens is 433 g/mol. The number of nitrogens with two attached hydrogens (primary N) is 2. The number of rotatable bonds is 4. The standard InChI is InChI=1S/C23H23F3N6O/c24-23(25,26)16-6-2-1-5-15(16)18-8-7-17(28)21(30-18)22(33)31-19-12-29-10-9-20(19)32-11-3-4-14(27)13-32/h1-2,5-10,12,14H,3-4,11,13,27-28H2,(H,31,33)/t14-/m0/s1. The number of aromatic nitrogens is 2. The summed E-state index contributed by atoms with van der Waals surface area (Å²) in [5.74, 6) is -0.644. The third-order valence-electron chi connectivity index (χ3n) is 5.49. The molecule has 172 valence electrons. The van der Waals surface area contributed by atoms with Crippen molar-refractivity contribution in [2.24, 2.45) is 5.73 Å². The molecule has 0 bridgehead atoms. The first-order valence-electron chi connectivity index (χ1n) is 10.4. The zero-order valence-electron chi connectivity index (χ0n) is 17.6. The van der Waals surface area contributed by atoms with Gasteiger partial charge in [0, 0.05) is 30.9 Å². The van der Waals surface area contributed by atoms with Gasteiger partial charge >= 0.3 is 6.18 Å². The Hall–Kier alpha value is -3.66. The number of benzene rings is 1. The Morgan fingerprint density at radius 3 is 2.70 bits per heavy atom. The molecule has 1 aliphatic heterocycles. The number of piperidine rings is 1. The van der Waals surface area contributed by atoms with Gasteiger partial charge in [0.1, 0.15) is 0 Å². The quantitative estimate of drug-likeness (QED) is 0.549. The van der Waals surface area contributed by atoms with Crippen LogP contribution in [0.1, 0.15) is 28.9 Å². The predicted molar refractivity (Wildman–Crippen MR) is 121 cm³/mol. The van der Waals surface area contributed by atoms with E-state index in [1.165, 1.54) is 36.5 Å². The Kier molecular flexibility index (Phi) is 6.19. The first-order valence-corrected chi connectivity index (χ1v) is 10.4. The number of carbonyl (C=O) groups excluding carboxylic acids is 1. The Balaban J connectivity index is 1.65. The molecule has 2 aromatic heterocycles. The summed E-state index contributed by atoms with van der Waals surface area (Å²) in [7, 11) is 0. The van der Waals surface area contributed by atoms with Crippen molar-refractivity contribution < 1.29 is 18.0 Å². The van der Waals surface area contributed by atoms with E-state index in [0.717, 1.165) is 31.1 Å². The molecule has 0 saturated carbocycles. The van der Waals surface area contributed by atoms with Gasteiger partial charge in [0.25, 0.3) is 5.91 Å². The van der Waals surface area contributed by atoms with E-state index in [4.69, 9.17) is 11.5 Å². The lowest BCUT2D eigenvalue weighted by Gasteiger charge is -2.33. The number of nitrogens with zero attached hydrogens (tertiary/aromatic N) is 3. The number of anilines is 3. The zero-order chi connectivity index (χ0) is 23.6. The highest BCUT2D eigenvalue weighted by atomic mass is 19.4. The van der Waals surface area contributed by atoms with Gasteiger partial charge in [-0.2, -0.15) is 13.2 Å². The monoisotopic (exact) mass is 456 g/mol. The lowest BCUT2D eigenvalue weighted by atomic mass is 10.0. The average Bonchev–Trinajstić information content (AvgIpc) is 2.79. The summed E-state index contributed by atoms with van der Waals surface area (Å²) >= 11 is 0. The van der Waals surface area contributed by atoms with Gasteiger partial charge in [-0.3, -0.25) is 9.78 Å². The van der Waals surface area contributed by atoms with Crippen LogP contribution in [-0.2, 0) is 6.18 Å². The SMILES string of the molecule is Nc1ccc(-c2ccccc2C(F)(F)F)nc1C(=O)Nc1cnccc1N1CCC[C@H](N)C1. The van der Waals surface area contributed by atoms with Crippen LogP contribution in [0.4, 0.5) is 30.2 Å². The van der Waals surface area contributed by atoms with Gasteiger partial charge in [-0.1, -0.05) is 18.2 Å². The molecule has 3 aromatic rings. The highest BCUT2D eigenvalue weighted by Gasteiger charge is 2.34. The maximum absolute atomic E-state index is 13.5. The van der Waals surface area contributed by atoms with Gasteiger partial charge in [-0.05, 0) is 37.1 Å². The zero-order valence-corrected chi connectivity index (χ0v) is 17.6. The molecule has 3 heterocycles. The minimum atomic E-state index is -4.57. The van der Waals surface area contributed by atoms with Gasteiger partial charge in [0.05, 0.1) is 34.5 Å². The van der Waals surface area contributed by atoms with Crippen molar-refractivity contribution in [2.75, 3.05) is 29.0 Å². The second-order valence-electron chi connectivity index (χ2n) is 7.87. The summed E-state index contributed by atoms with van der Waals surface area (Å²) in [4.78, 5) is 23.4. The van der Waals surface area contributed by atoms with Crippen LogP contribution < -0.4 is 21.7 Å². The third-order valence-corrected chi connectivity index (χ3v) is 5.49. The molecule has 33 heavy (non-hydrogen) atoms. The van der Waals surface area contributed by atoms with E-state index in [1.54, 1.807) is 12.3 Å². The van der Waals surface area contributed by atoms with Crippen molar-refractivity contribution in [3.8, 4) is 11.3 Å². The molecule has 10 heteroatoms. The van der Waals surface area contributed by atoms with Gasteiger partial charge in [0.15, 0.2) is 5.69 Å². The highest BCUT2D eigenvalue weighted by Crippen LogP contribution is 2.37. The molecular formula is C23H23F3N6O. The van der Waals surface area contributed by atoms with Crippen molar-refractivity contribution in [1.29, 1.82) is 0 Å². The van der Waals surface area contributed by atoms with Crippen molar-refractivity contribution in [3.05, 3.63) is 66.1 Å². The number of hydrogen-bond donors (Lipinski definition) is 3. The maximum atomic E-state index is 13.5. The minimum absolute atomic E-state index is 0.00399. The third kappa shape index (κ3) is 4.90. The molecule has 1 saturated heterocycles. The van der Waals surface area contributed by atoms with E-state index in [1.807, 2.05) is 0 Å². The summed E-state index contributed by atoms with van der Waals surface area (Å²) in [6.45, 7) is 1.42. The molecule has 0 radical (unpaired) electrons. The number of carbonyl (C=O) groups is 1. The van der Waals surface area contributed by atoms with Crippen LogP contribution in [0.25, 0.3) is 11.3 Å². The number of amides is 1. The summed E-state index contributed by atoms with van der Waals surface area (Å²) < 4.78 is 40.4. The topological polar surface area (TPSA) is 110 Å². The summed E-state index contributed by atoms with van der Waals surface area (Å²) in [5.41, 5.74) is 12.1. The highest BCUT2D eigenvalue weighted by molar-refractivity contribution is 6.08. The van der Waals surface area contributed by atoms with E-state index in [9.17, 15) is 18.0 Å². The molecule has 0 aliphatic carbocycles. The van der Waals surface area contributed by atoms with Gasteiger partial charge < -0.3 is 21.7 Å². The van der Waals surface area contributed by atoms with E-state index in [2.05, 4.69) is 20.2 Å². The van der Waals surface area contributed by atoms with Crippen LogP contribution in [0.15, 0.2) is 54.9 Å². The number of nitrogens with one attached hydrogen (secondary N) is 1. The minimum Gasteiger partial charge on any atom is -0.397 e. The van der Waals surface area contributed by atoms with E-state index in [-0.39, 0.29) is 28.7 Å². The van der Waals surface area contributed by atoms with Crippen molar-refractivity contribution in [2.45, 2.75) is 25.1 Å². The molecule has 0 unspecified atom stereocenters.